The monoisotopic (exact) mass is 182 g/mol. The number of carbonyl (C=O) groups is 1. The molecule has 1 aliphatic rings. The lowest BCUT2D eigenvalue weighted by atomic mass is 9.78. The average Bonchev–Trinajstić information content (AvgIpc) is 2.19. The van der Waals surface area contributed by atoms with E-state index in [4.69, 9.17) is 0 Å². The smallest absolute Gasteiger partial charge is 0.123 e. The maximum absolute atomic E-state index is 10.5. The minimum absolute atomic E-state index is 0.383. The summed E-state index contributed by atoms with van der Waals surface area (Å²) >= 11 is 0. The van der Waals surface area contributed by atoms with Gasteiger partial charge in [-0.05, 0) is 43.9 Å². The Labute approximate surface area is 81.9 Å². The van der Waals surface area contributed by atoms with Crippen LogP contribution in [0.2, 0.25) is 0 Å². The fourth-order valence-electron chi connectivity index (χ4n) is 2.30. The molecule has 0 bridgehead atoms. The van der Waals surface area contributed by atoms with E-state index in [1.54, 1.807) is 0 Å². The van der Waals surface area contributed by atoms with Gasteiger partial charge >= 0.3 is 0 Å². The standard InChI is InChI=1S/C12H22O/c1-3-10(2)8-11-4-6-12(9-13)7-5-11/h9-12H,3-8H2,1-2H3. The first kappa shape index (κ1) is 10.7. The van der Waals surface area contributed by atoms with Crippen LogP contribution in [-0.2, 0) is 4.79 Å². The van der Waals surface area contributed by atoms with Crippen molar-refractivity contribution >= 4 is 6.29 Å². The summed E-state index contributed by atoms with van der Waals surface area (Å²) in [5.41, 5.74) is 0. The first-order valence-electron chi connectivity index (χ1n) is 5.71. The van der Waals surface area contributed by atoms with E-state index in [2.05, 4.69) is 13.8 Å². The van der Waals surface area contributed by atoms with E-state index < -0.39 is 0 Å². The van der Waals surface area contributed by atoms with E-state index in [1.807, 2.05) is 0 Å². The van der Waals surface area contributed by atoms with Crippen molar-refractivity contribution in [1.29, 1.82) is 0 Å². The van der Waals surface area contributed by atoms with Crippen molar-refractivity contribution in [2.24, 2.45) is 17.8 Å². The normalized spacial score (nSPS) is 31.2. The Morgan fingerprint density at radius 3 is 2.38 bits per heavy atom. The number of aldehydes is 1. The summed E-state index contributed by atoms with van der Waals surface area (Å²) in [5, 5.41) is 0. The minimum Gasteiger partial charge on any atom is -0.303 e. The second-order valence-corrected chi connectivity index (χ2v) is 4.67. The molecule has 76 valence electrons. The maximum Gasteiger partial charge on any atom is 0.123 e. The van der Waals surface area contributed by atoms with E-state index >= 15 is 0 Å². The van der Waals surface area contributed by atoms with Crippen LogP contribution in [0.25, 0.3) is 0 Å². The van der Waals surface area contributed by atoms with Gasteiger partial charge in [-0.3, -0.25) is 0 Å². The molecule has 0 aromatic rings. The highest BCUT2D eigenvalue weighted by molar-refractivity contribution is 5.53. The van der Waals surface area contributed by atoms with E-state index in [9.17, 15) is 4.79 Å². The molecular formula is C12H22O. The summed E-state index contributed by atoms with van der Waals surface area (Å²) < 4.78 is 0. The predicted molar refractivity (Wildman–Crippen MR) is 55.6 cm³/mol. The zero-order valence-electron chi connectivity index (χ0n) is 8.96. The van der Waals surface area contributed by atoms with Crippen molar-refractivity contribution < 1.29 is 4.79 Å². The van der Waals surface area contributed by atoms with Gasteiger partial charge in [-0.25, -0.2) is 0 Å². The Morgan fingerprint density at radius 2 is 1.92 bits per heavy atom. The zero-order valence-corrected chi connectivity index (χ0v) is 8.96. The van der Waals surface area contributed by atoms with E-state index in [0.717, 1.165) is 31.0 Å². The highest BCUT2D eigenvalue weighted by atomic mass is 16.1. The van der Waals surface area contributed by atoms with Gasteiger partial charge in [0, 0.05) is 5.92 Å². The first-order valence-corrected chi connectivity index (χ1v) is 5.71. The van der Waals surface area contributed by atoms with Crippen LogP contribution in [0.4, 0.5) is 0 Å². The third-order valence-corrected chi connectivity index (χ3v) is 3.52. The molecule has 0 aromatic carbocycles. The summed E-state index contributed by atoms with van der Waals surface area (Å²) in [4.78, 5) is 10.5. The van der Waals surface area contributed by atoms with Gasteiger partial charge in [0.15, 0.2) is 0 Å². The Balaban J connectivity index is 2.20. The van der Waals surface area contributed by atoms with Crippen LogP contribution in [-0.4, -0.2) is 6.29 Å². The molecule has 13 heavy (non-hydrogen) atoms. The number of carbonyl (C=O) groups excluding carboxylic acids is 1. The quantitative estimate of drug-likeness (QED) is 0.609. The maximum atomic E-state index is 10.5. The third kappa shape index (κ3) is 3.50. The van der Waals surface area contributed by atoms with Crippen molar-refractivity contribution in [3.63, 3.8) is 0 Å². The molecule has 0 aliphatic heterocycles. The van der Waals surface area contributed by atoms with Gasteiger partial charge in [-0.2, -0.15) is 0 Å². The van der Waals surface area contributed by atoms with Crippen LogP contribution in [0.1, 0.15) is 52.4 Å². The Bertz CT molecular complexity index is 145. The summed E-state index contributed by atoms with van der Waals surface area (Å²) in [5.74, 6) is 2.16. The molecule has 0 amide bonds. The van der Waals surface area contributed by atoms with Crippen LogP contribution in [0, 0.1) is 17.8 Å². The molecule has 0 heterocycles. The van der Waals surface area contributed by atoms with Gasteiger partial charge in [0.1, 0.15) is 6.29 Å². The average molecular weight is 182 g/mol. The Kier molecular flexibility index (Phi) is 4.47. The molecule has 0 radical (unpaired) electrons. The number of hydrogen-bond donors (Lipinski definition) is 0. The van der Waals surface area contributed by atoms with E-state index in [-0.39, 0.29) is 0 Å². The van der Waals surface area contributed by atoms with Crippen molar-refractivity contribution in [3.05, 3.63) is 0 Å². The summed E-state index contributed by atoms with van der Waals surface area (Å²) in [6, 6.07) is 0. The Hall–Kier alpha value is -0.330. The van der Waals surface area contributed by atoms with Crippen LogP contribution in [0.5, 0.6) is 0 Å². The molecule has 1 atom stereocenters. The van der Waals surface area contributed by atoms with Gasteiger partial charge in [0.25, 0.3) is 0 Å². The van der Waals surface area contributed by atoms with Crippen LogP contribution in [0.15, 0.2) is 0 Å². The van der Waals surface area contributed by atoms with Gasteiger partial charge in [0.05, 0.1) is 0 Å². The fraction of sp³-hybridized carbons (Fsp3) is 0.917. The second kappa shape index (κ2) is 5.41. The topological polar surface area (TPSA) is 17.1 Å². The Morgan fingerprint density at radius 1 is 1.31 bits per heavy atom. The lowest BCUT2D eigenvalue weighted by Crippen LogP contribution is -2.17. The molecule has 1 unspecified atom stereocenters. The van der Waals surface area contributed by atoms with Gasteiger partial charge in [-0.15, -0.1) is 0 Å². The third-order valence-electron chi connectivity index (χ3n) is 3.52. The van der Waals surface area contributed by atoms with Crippen molar-refractivity contribution in [3.8, 4) is 0 Å². The predicted octanol–water partition coefficient (Wildman–Crippen LogP) is 3.43. The molecule has 0 N–H and O–H groups in total. The molecule has 1 fully saturated rings. The SMILES string of the molecule is CCC(C)CC1CCC(C=O)CC1. The van der Waals surface area contributed by atoms with Crippen molar-refractivity contribution in [2.75, 3.05) is 0 Å². The fourth-order valence-corrected chi connectivity index (χ4v) is 2.30. The summed E-state index contributed by atoms with van der Waals surface area (Å²) in [6.45, 7) is 4.60. The first-order chi connectivity index (χ1) is 6.26. The second-order valence-electron chi connectivity index (χ2n) is 4.67. The lowest BCUT2D eigenvalue weighted by Gasteiger charge is -2.27. The summed E-state index contributed by atoms with van der Waals surface area (Å²) in [7, 11) is 0. The molecule has 0 spiro atoms. The van der Waals surface area contributed by atoms with Crippen molar-refractivity contribution in [2.45, 2.75) is 52.4 Å². The van der Waals surface area contributed by atoms with Gasteiger partial charge < -0.3 is 4.79 Å². The highest BCUT2D eigenvalue weighted by Crippen LogP contribution is 2.32. The van der Waals surface area contributed by atoms with Crippen LogP contribution in [0.3, 0.4) is 0 Å². The number of hydrogen-bond acceptors (Lipinski definition) is 1. The molecule has 1 rings (SSSR count). The molecule has 0 aromatic heterocycles. The van der Waals surface area contributed by atoms with Crippen LogP contribution < -0.4 is 0 Å². The largest absolute Gasteiger partial charge is 0.303 e. The van der Waals surface area contributed by atoms with Gasteiger partial charge in [0.2, 0.25) is 0 Å². The summed E-state index contributed by atoms with van der Waals surface area (Å²) in [6.07, 6.45) is 8.69. The lowest BCUT2D eigenvalue weighted by molar-refractivity contribution is -0.112. The van der Waals surface area contributed by atoms with E-state index in [1.165, 1.54) is 25.7 Å². The molecule has 1 saturated carbocycles. The molecular weight excluding hydrogens is 160 g/mol. The molecule has 1 nitrogen and oxygen atoms in total. The van der Waals surface area contributed by atoms with Gasteiger partial charge in [-0.1, -0.05) is 20.3 Å². The molecule has 1 aliphatic carbocycles. The highest BCUT2D eigenvalue weighted by Gasteiger charge is 2.21. The van der Waals surface area contributed by atoms with Crippen LogP contribution >= 0.6 is 0 Å². The minimum atomic E-state index is 0.383. The van der Waals surface area contributed by atoms with E-state index in [0.29, 0.717) is 5.92 Å². The van der Waals surface area contributed by atoms with Crippen molar-refractivity contribution in [1.82, 2.24) is 0 Å². The molecule has 1 heteroatoms. The molecule has 0 saturated heterocycles. The zero-order chi connectivity index (χ0) is 9.68. The number of rotatable bonds is 4.